The summed E-state index contributed by atoms with van der Waals surface area (Å²) in [5.74, 6) is -0.124. The summed E-state index contributed by atoms with van der Waals surface area (Å²) >= 11 is 0. The van der Waals surface area contributed by atoms with Gasteiger partial charge in [0.15, 0.2) is 0 Å². The summed E-state index contributed by atoms with van der Waals surface area (Å²) in [7, 11) is 0. The molecular formula is C13H15F2NO2. The van der Waals surface area contributed by atoms with Crippen molar-refractivity contribution in [3.63, 3.8) is 0 Å². The van der Waals surface area contributed by atoms with Gasteiger partial charge < -0.3 is 10.1 Å². The van der Waals surface area contributed by atoms with Gasteiger partial charge in [0, 0.05) is 5.92 Å². The Hall–Kier alpha value is -1.65. The molecule has 1 fully saturated rings. The van der Waals surface area contributed by atoms with Crippen LogP contribution in [0.25, 0.3) is 0 Å². The molecule has 1 amide bonds. The molecule has 98 valence electrons. The number of hydrogen-bond donors (Lipinski definition) is 1. The molecule has 0 radical (unpaired) electrons. The summed E-state index contributed by atoms with van der Waals surface area (Å²) in [6.45, 7) is -2.89. The molecule has 1 aliphatic rings. The molecule has 1 saturated carbocycles. The van der Waals surface area contributed by atoms with Crippen LogP contribution >= 0.6 is 0 Å². The highest BCUT2D eigenvalue weighted by Crippen LogP contribution is 2.29. The van der Waals surface area contributed by atoms with E-state index in [9.17, 15) is 13.6 Å². The number of anilines is 1. The first kappa shape index (κ1) is 12.8. The molecule has 1 aromatic rings. The number of halogens is 2. The standard InChI is InChI=1S/C13H15F2NO2/c14-13(15)18-11-8-4-3-7-10(11)16-12(17)9-5-1-2-6-9/h3-4,7-9,13H,1-2,5-6H2,(H,16,17). The van der Waals surface area contributed by atoms with Gasteiger partial charge in [0.25, 0.3) is 0 Å². The predicted octanol–water partition coefficient (Wildman–Crippen LogP) is 3.42. The second kappa shape index (κ2) is 5.80. The van der Waals surface area contributed by atoms with E-state index in [1.54, 1.807) is 18.2 Å². The average Bonchev–Trinajstić information content (AvgIpc) is 2.84. The zero-order valence-electron chi connectivity index (χ0n) is 9.86. The van der Waals surface area contributed by atoms with Crippen LogP contribution in [0, 0.1) is 5.92 Å². The SMILES string of the molecule is O=C(Nc1ccccc1OC(F)F)C1CCCC1. The molecule has 2 rings (SSSR count). The normalized spacial score (nSPS) is 15.9. The minimum absolute atomic E-state index is 0.00107. The third kappa shape index (κ3) is 3.18. The largest absolute Gasteiger partial charge is 0.433 e. The molecule has 1 N–H and O–H groups in total. The Bertz CT molecular complexity index is 417. The second-order valence-corrected chi connectivity index (χ2v) is 4.35. The molecule has 0 atom stereocenters. The van der Waals surface area contributed by atoms with Crippen molar-refractivity contribution in [2.45, 2.75) is 32.3 Å². The van der Waals surface area contributed by atoms with E-state index < -0.39 is 6.61 Å². The lowest BCUT2D eigenvalue weighted by molar-refractivity contribution is -0.119. The maximum absolute atomic E-state index is 12.2. The van der Waals surface area contributed by atoms with Gasteiger partial charge in [-0.1, -0.05) is 25.0 Å². The molecule has 0 aromatic heterocycles. The van der Waals surface area contributed by atoms with Crippen LogP contribution in [0.5, 0.6) is 5.75 Å². The van der Waals surface area contributed by atoms with Gasteiger partial charge in [0.2, 0.25) is 5.91 Å². The number of amides is 1. The van der Waals surface area contributed by atoms with E-state index in [0.717, 1.165) is 25.7 Å². The quantitative estimate of drug-likeness (QED) is 0.895. The molecule has 0 heterocycles. The number of benzene rings is 1. The van der Waals surface area contributed by atoms with Crippen LogP contribution in [0.2, 0.25) is 0 Å². The van der Waals surface area contributed by atoms with E-state index in [1.807, 2.05) is 0 Å². The summed E-state index contributed by atoms with van der Waals surface area (Å²) in [5, 5.41) is 2.66. The van der Waals surface area contributed by atoms with Crippen LogP contribution in [-0.2, 0) is 4.79 Å². The highest BCUT2D eigenvalue weighted by atomic mass is 19.3. The van der Waals surface area contributed by atoms with Crippen molar-refractivity contribution in [1.29, 1.82) is 0 Å². The van der Waals surface area contributed by atoms with Crippen LogP contribution in [0.15, 0.2) is 24.3 Å². The van der Waals surface area contributed by atoms with Crippen molar-refractivity contribution in [2.24, 2.45) is 5.92 Å². The average molecular weight is 255 g/mol. The summed E-state index contributed by atoms with van der Waals surface area (Å²) in [6.07, 6.45) is 3.83. The molecule has 18 heavy (non-hydrogen) atoms. The van der Waals surface area contributed by atoms with E-state index in [1.165, 1.54) is 6.07 Å². The molecule has 5 heteroatoms. The number of nitrogens with one attached hydrogen (secondary N) is 1. The Morgan fingerprint density at radius 1 is 1.28 bits per heavy atom. The Morgan fingerprint density at radius 2 is 1.94 bits per heavy atom. The van der Waals surface area contributed by atoms with Crippen LogP contribution in [0.1, 0.15) is 25.7 Å². The van der Waals surface area contributed by atoms with Crippen LogP contribution < -0.4 is 10.1 Å². The molecule has 1 aliphatic carbocycles. The topological polar surface area (TPSA) is 38.3 Å². The minimum atomic E-state index is -2.89. The number of hydrogen-bond acceptors (Lipinski definition) is 2. The molecule has 3 nitrogen and oxygen atoms in total. The van der Waals surface area contributed by atoms with Gasteiger partial charge in [-0.2, -0.15) is 8.78 Å². The lowest BCUT2D eigenvalue weighted by atomic mass is 10.1. The summed E-state index contributed by atoms with van der Waals surface area (Å²) in [4.78, 5) is 11.9. The smallest absolute Gasteiger partial charge is 0.387 e. The first-order chi connectivity index (χ1) is 8.66. The van der Waals surface area contributed by atoms with Crippen LogP contribution in [0.4, 0.5) is 14.5 Å². The Labute approximate surface area is 104 Å². The van der Waals surface area contributed by atoms with Gasteiger partial charge >= 0.3 is 6.61 Å². The van der Waals surface area contributed by atoms with E-state index in [4.69, 9.17) is 0 Å². The summed E-state index contributed by atoms with van der Waals surface area (Å²) in [5.41, 5.74) is 0.301. The number of para-hydroxylation sites is 2. The number of ether oxygens (including phenoxy) is 1. The molecule has 0 spiro atoms. The molecule has 0 saturated heterocycles. The Morgan fingerprint density at radius 3 is 2.61 bits per heavy atom. The van der Waals surface area contributed by atoms with Crippen molar-refractivity contribution in [1.82, 2.24) is 0 Å². The fourth-order valence-corrected chi connectivity index (χ4v) is 2.19. The lowest BCUT2D eigenvalue weighted by Crippen LogP contribution is -2.21. The van der Waals surface area contributed by atoms with E-state index in [2.05, 4.69) is 10.1 Å². The summed E-state index contributed by atoms with van der Waals surface area (Å²) in [6, 6.07) is 6.23. The highest BCUT2D eigenvalue weighted by molar-refractivity contribution is 5.94. The van der Waals surface area contributed by atoms with Crippen molar-refractivity contribution in [3.8, 4) is 5.75 Å². The van der Waals surface area contributed by atoms with Gasteiger partial charge in [0.05, 0.1) is 5.69 Å². The molecule has 1 aromatic carbocycles. The second-order valence-electron chi connectivity index (χ2n) is 4.35. The first-order valence-electron chi connectivity index (χ1n) is 6.01. The fourth-order valence-electron chi connectivity index (χ4n) is 2.19. The summed E-state index contributed by atoms with van der Waals surface area (Å²) < 4.78 is 28.8. The molecule has 0 unspecified atom stereocenters. The zero-order valence-corrected chi connectivity index (χ0v) is 9.86. The van der Waals surface area contributed by atoms with E-state index >= 15 is 0 Å². The van der Waals surface area contributed by atoms with E-state index in [-0.39, 0.29) is 17.6 Å². The number of carbonyl (C=O) groups excluding carboxylic acids is 1. The minimum Gasteiger partial charge on any atom is -0.433 e. The number of alkyl halides is 2. The maximum atomic E-state index is 12.2. The lowest BCUT2D eigenvalue weighted by Gasteiger charge is -2.14. The predicted molar refractivity (Wildman–Crippen MR) is 63.7 cm³/mol. The molecular weight excluding hydrogens is 240 g/mol. The third-order valence-electron chi connectivity index (χ3n) is 3.09. The maximum Gasteiger partial charge on any atom is 0.387 e. The highest BCUT2D eigenvalue weighted by Gasteiger charge is 2.23. The van der Waals surface area contributed by atoms with Crippen molar-refractivity contribution in [2.75, 3.05) is 5.32 Å². The Kier molecular flexibility index (Phi) is 4.12. The molecule has 0 aliphatic heterocycles. The third-order valence-corrected chi connectivity index (χ3v) is 3.09. The van der Waals surface area contributed by atoms with Gasteiger partial charge in [0.1, 0.15) is 5.75 Å². The van der Waals surface area contributed by atoms with Gasteiger partial charge in [-0.15, -0.1) is 0 Å². The monoisotopic (exact) mass is 255 g/mol. The fraction of sp³-hybridized carbons (Fsp3) is 0.462. The van der Waals surface area contributed by atoms with E-state index in [0.29, 0.717) is 5.69 Å². The van der Waals surface area contributed by atoms with Crippen molar-refractivity contribution < 1.29 is 18.3 Å². The van der Waals surface area contributed by atoms with Gasteiger partial charge in [-0.05, 0) is 25.0 Å². The zero-order chi connectivity index (χ0) is 13.0. The number of carbonyl (C=O) groups is 1. The van der Waals surface area contributed by atoms with Crippen LogP contribution in [0.3, 0.4) is 0 Å². The van der Waals surface area contributed by atoms with Crippen LogP contribution in [-0.4, -0.2) is 12.5 Å². The molecule has 0 bridgehead atoms. The Balaban J connectivity index is 2.05. The van der Waals surface area contributed by atoms with Gasteiger partial charge in [-0.3, -0.25) is 4.79 Å². The first-order valence-corrected chi connectivity index (χ1v) is 6.01. The van der Waals surface area contributed by atoms with Crippen molar-refractivity contribution >= 4 is 11.6 Å². The number of rotatable bonds is 4. The van der Waals surface area contributed by atoms with Gasteiger partial charge in [-0.25, -0.2) is 0 Å². The van der Waals surface area contributed by atoms with Crippen molar-refractivity contribution in [3.05, 3.63) is 24.3 Å².